The zero-order valence-electron chi connectivity index (χ0n) is 11.4. The largest absolute Gasteiger partial charge is 0.478 e. The highest BCUT2D eigenvalue weighted by Crippen LogP contribution is 2.20. The van der Waals surface area contributed by atoms with Crippen LogP contribution in [0.4, 0.5) is 13.2 Å². The van der Waals surface area contributed by atoms with Crippen LogP contribution >= 0.6 is 0 Å². The van der Waals surface area contributed by atoms with Crippen molar-refractivity contribution in [1.29, 1.82) is 0 Å². The summed E-state index contributed by atoms with van der Waals surface area (Å²) in [6, 6.07) is -1.23. The summed E-state index contributed by atoms with van der Waals surface area (Å²) >= 11 is 0. The van der Waals surface area contributed by atoms with Gasteiger partial charge in [0, 0.05) is 12.7 Å². The Morgan fingerprint density at radius 3 is 2.24 bits per heavy atom. The molecule has 6 nitrogen and oxygen atoms in total. The van der Waals surface area contributed by atoms with Crippen molar-refractivity contribution in [3.63, 3.8) is 0 Å². The lowest BCUT2D eigenvalue weighted by Gasteiger charge is -2.16. The van der Waals surface area contributed by atoms with Gasteiger partial charge in [0.15, 0.2) is 0 Å². The maximum Gasteiger partial charge on any atom is 0.408 e. The fourth-order valence-electron chi connectivity index (χ4n) is 1.59. The molecule has 0 unspecified atom stereocenters. The number of carboxylic acid groups (broad SMARTS) is 1. The monoisotopic (exact) mass is 306 g/mol. The van der Waals surface area contributed by atoms with E-state index in [0.717, 1.165) is 10.6 Å². The molecule has 1 rings (SSSR count). The van der Waals surface area contributed by atoms with Crippen LogP contribution in [-0.2, 0) is 11.8 Å². The second-order valence-electron chi connectivity index (χ2n) is 4.46. The lowest BCUT2D eigenvalue weighted by molar-refractivity contribution is -0.156. The lowest BCUT2D eigenvalue weighted by atomic mass is 10.2. The van der Waals surface area contributed by atoms with Crippen LogP contribution in [0.25, 0.3) is 0 Å². The number of halogens is 3. The molecule has 0 aliphatic rings. The van der Waals surface area contributed by atoms with Crippen LogP contribution in [0.15, 0.2) is 6.07 Å². The van der Waals surface area contributed by atoms with Crippen LogP contribution in [0.2, 0.25) is 0 Å². The number of nitrogens with zero attached hydrogens (tertiary/aromatic N) is 1. The molecule has 0 radical (unpaired) electrons. The summed E-state index contributed by atoms with van der Waals surface area (Å²) in [5.74, 6) is -3.98. The highest BCUT2D eigenvalue weighted by Gasteiger charge is 2.38. The van der Waals surface area contributed by atoms with Gasteiger partial charge < -0.3 is 15.0 Å². The second-order valence-corrected chi connectivity index (χ2v) is 4.46. The third-order valence-corrected chi connectivity index (χ3v) is 3.04. The van der Waals surface area contributed by atoms with Crippen LogP contribution in [0.1, 0.15) is 33.5 Å². The van der Waals surface area contributed by atoms with Gasteiger partial charge in [0.1, 0.15) is 6.04 Å². The highest BCUT2D eigenvalue weighted by atomic mass is 19.4. The molecule has 0 spiro atoms. The predicted octanol–water partition coefficient (Wildman–Crippen LogP) is 1.28. The summed E-state index contributed by atoms with van der Waals surface area (Å²) in [6.07, 6.45) is -4.67. The minimum atomic E-state index is -4.67. The topological polar surface area (TPSA) is 88.4 Å². The molecule has 0 aliphatic carbocycles. The van der Waals surface area contributed by atoms with Gasteiger partial charge in [-0.3, -0.25) is 9.59 Å². The minimum absolute atomic E-state index is 0.197. The third-order valence-electron chi connectivity index (χ3n) is 3.04. The predicted molar refractivity (Wildman–Crippen MR) is 65.1 cm³/mol. The van der Waals surface area contributed by atoms with E-state index in [1.165, 1.54) is 19.3 Å². The molecule has 21 heavy (non-hydrogen) atoms. The number of carbonyl (C=O) groups is 3. The number of hydrogen-bond donors (Lipinski definition) is 2. The molecule has 0 saturated heterocycles. The van der Waals surface area contributed by atoms with Crippen molar-refractivity contribution in [2.45, 2.75) is 26.1 Å². The van der Waals surface area contributed by atoms with Crippen LogP contribution in [0.3, 0.4) is 0 Å². The Labute approximate surface area is 117 Å². The van der Waals surface area contributed by atoms with Crippen molar-refractivity contribution in [1.82, 2.24) is 9.88 Å². The number of aromatic carboxylic acids is 1. The van der Waals surface area contributed by atoms with E-state index in [1.54, 1.807) is 0 Å². The number of ketones is 1. The number of aromatic nitrogens is 1. The Bertz CT molecular complexity index is 604. The van der Waals surface area contributed by atoms with Crippen molar-refractivity contribution in [2.24, 2.45) is 7.05 Å². The molecule has 0 bridgehead atoms. The van der Waals surface area contributed by atoms with Crippen LogP contribution in [0, 0.1) is 6.92 Å². The third kappa shape index (κ3) is 3.41. The molecule has 1 atom stereocenters. The first kappa shape index (κ1) is 16.7. The Balaban J connectivity index is 3.02. The molecular weight excluding hydrogens is 293 g/mol. The standard InChI is InChI=1S/C12H13F3N2O4/c1-5-7(11(20)21)4-8(17(5)3)9(18)10(19)16-6(2)12(13,14)15/h4,6H,1-3H3,(H,16,19)(H,20,21)/t6-/m0/s1. The number of hydrogen-bond acceptors (Lipinski definition) is 3. The van der Waals surface area contributed by atoms with Gasteiger partial charge in [0.25, 0.3) is 11.7 Å². The van der Waals surface area contributed by atoms with E-state index < -0.39 is 29.9 Å². The number of Topliss-reactive ketones (excluding diaryl/α,β-unsaturated/α-hetero) is 1. The first-order chi connectivity index (χ1) is 9.46. The number of nitrogens with one attached hydrogen (secondary N) is 1. The second kappa shape index (κ2) is 5.58. The van der Waals surface area contributed by atoms with E-state index in [4.69, 9.17) is 5.11 Å². The summed E-state index contributed by atoms with van der Waals surface area (Å²) in [5, 5.41) is 10.4. The maximum atomic E-state index is 12.3. The molecule has 0 aliphatic heterocycles. The van der Waals surface area contributed by atoms with Gasteiger partial charge in [-0.25, -0.2) is 4.79 Å². The van der Waals surface area contributed by atoms with Gasteiger partial charge in [-0.1, -0.05) is 0 Å². The number of carboxylic acids is 1. The average Bonchev–Trinajstić information content (AvgIpc) is 2.64. The molecule has 0 fully saturated rings. The van der Waals surface area contributed by atoms with Gasteiger partial charge in [-0.05, 0) is 19.9 Å². The molecule has 116 valence electrons. The minimum Gasteiger partial charge on any atom is -0.478 e. The Kier molecular flexibility index (Phi) is 4.45. The molecule has 0 aromatic carbocycles. The van der Waals surface area contributed by atoms with E-state index in [-0.39, 0.29) is 17.0 Å². The zero-order chi connectivity index (χ0) is 16.5. The first-order valence-electron chi connectivity index (χ1n) is 5.78. The number of amides is 1. The summed E-state index contributed by atoms with van der Waals surface area (Å²) in [6.45, 7) is 2.11. The number of alkyl halides is 3. The average molecular weight is 306 g/mol. The van der Waals surface area contributed by atoms with Gasteiger partial charge in [-0.15, -0.1) is 0 Å². The summed E-state index contributed by atoms with van der Waals surface area (Å²) in [7, 11) is 1.34. The highest BCUT2D eigenvalue weighted by molar-refractivity contribution is 6.42. The molecule has 1 aromatic rings. The van der Waals surface area contributed by atoms with Crippen molar-refractivity contribution in [3.8, 4) is 0 Å². The van der Waals surface area contributed by atoms with Gasteiger partial charge >= 0.3 is 12.1 Å². The molecule has 2 N–H and O–H groups in total. The molecule has 0 saturated carbocycles. The van der Waals surface area contributed by atoms with E-state index in [1.807, 2.05) is 0 Å². The SMILES string of the molecule is Cc1c(C(=O)O)cc(C(=O)C(=O)N[C@@H](C)C(F)(F)F)n1C. The molecule has 1 amide bonds. The fourth-order valence-corrected chi connectivity index (χ4v) is 1.59. The van der Waals surface area contributed by atoms with Crippen molar-refractivity contribution < 1.29 is 32.7 Å². The van der Waals surface area contributed by atoms with E-state index in [0.29, 0.717) is 6.92 Å². The quantitative estimate of drug-likeness (QED) is 0.648. The van der Waals surface area contributed by atoms with Crippen LogP contribution < -0.4 is 5.32 Å². The Morgan fingerprint density at radius 2 is 1.86 bits per heavy atom. The van der Waals surface area contributed by atoms with Crippen molar-refractivity contribution in [3.05, 3.63) is 23.0 Å². The lowest BCUT2D eigenvalue weighted by Crippen LogP contribution is -2.46. The van der Waals surface area contributed by atoms with Crippen molar-refractivity contribution in [2.75, 3.05) is 0 Å². The van der Waals surface area contributed by atoms with Crippen LogP contribution in [0.5, 0.6) is 0 Å². The maximum absolute atomic E-state index is 12.3. The summed E-state index contributed by atoms with van der Waals surface area (Å²) in [5.41, 5.74) is -0.281. The number of carbonyl (C=O) groups excluding carboxylic acids is 2. The fraction of sp³-hybridized carbons (Fsp3) is 0.417. The molecule has 9 heteroatoms. The molecule has 1 aromatic heterocycles. The first-order valence-corrected chi connectivity index (χ1v) is 5.78. The Hall–Kier alpha value is -2.32. The summed E-state index contributed by atoms with van der Waals surface area (Å²) < 4.78 is 38.1. The van der Waals surface area contributed by atoms with Crippen LogP contribution in [-0.4, -0.2) is 39.6 Å². The molecule has 1 heterocycles. The summed E-state index contributed by atoms with van der Waals surface area (Å²) in [4.78, 5) is 34.3. The van der Waals surface area contributed by atoms with E-state index >= 15 is 0 Å². The Morgan fingerprint density at radius 1 is 1.33 bits per heavy atom. The smallest absolute Gasteiger partial charge is 0.408 e. The normalized spacial score (nSPS) is 12.9. The number of rotatable bonds is 4. The van der Waals surface area contributed by atoms with Crippen molar-refractivity contribution >= 4 is 17.7 Å². The zero-order valence-corrected chi connectivity index (χ0v) is 11.4. The van der Waals surface area contributed by atoms with Gasteiger partial charge in [0.05, 0.1) is 11.3 Å². The van der Waals surface area contributed by atoms with Gasteiger partial charge in [0.2, 0.25) is 0 Å². The van der Waals surface area contributed by atoms with E-state index in [2.05, 4.69) is 0 Å². The molecular formula is C12H13F3N2O4. The van der Waals surface area contributed by atoms with Gasteiger partial charge in [-0.2, -0.15) is 13.2 Å². The van der Waals surface area contributed by atoms with E-state index in [9.17, 15) is 27.6 Å².